The van der Waals surface area contributed by atoms with Gasteiger partial charge in [0.1, 0.15) is 0 Å². The molecule has 2 heterocycles. The van der Waals surface area contributed by atoms with Gasteiger partial charge in [-0.05, 0) is 19.1 Å². The Morgan fingerprint density at radius 1 is 1.43 bits per heavy atom. The first-order valence-electron chi connectivity index (χ1n) is 4.11. The van der Waals surface area contributed by atoms with Crippen molar-refractivity contribution in [3.8, 4) is 5.82 Å². The molecule has 70 valence electrons. The van der Waals surface area contributed by atoms with Crippen LogP contribution >= 0.6 is 0 Å². The third-order valence-electron chi connectivity index (χ3n) is 1.81. The molecule has 0 amide bonds. The van der Waals surface area contributed by atoms with Crippen LogP contribution < -0.4 is 0 Å². The van der Waals surface area contributed by atoms with Crippen molar-refractivity contribution in [1.82, 2.24) is 20.0 Å². The summed E-state index contributed by atoms with van der Waals surface area (Å²) in [5.41, 5.74) is 1.34. The first kappa shape index (κ1) is 8.55. The van der Waals surface area contributed by atoms with E-state index >= 15 is 0 Å². The van der Waals surface area contributed by atoms with Gasteiger partial charge in [-0.15, -0.1) is 5.10 Å². The molecule has 2 aromatic rings. The van der Waals surface area contributed by atoms with Crippen molar-refractivity contribution < 1.29 is 4.79 Å². The van der Waals surface area contributed by atoms with E-state index in [-0.39, 0.29) is 0 Å². The van der Waals surface area contributed by atoms with Gasteiger partial charge >= 0.3 is 0 Å². The summed E-state index contributed by atoms with van der Waals surface area (Å²) < 4.78 is 1.47. The molecule has 0 aromatic carbocycles. The molecule has 0 bridgehead atoms. The highest BCUT2D eigenvalue weighted by molar-refractivity contribution is 5.79. The summed E-state index contributed by atoms with van der Waals surface area (Å²) in [4.78, 5) is 14.9. The van der Waals surface area contributed by atoms with Crippen molar-refractivity contribution in [3.63, 3.8) is 0 Å². The molecule has 2 aromatic heterocycles. The lowest BCUT2D eigenvalue weighted by Crippen LogP contribution is -2.04. The molecular formula is C9H8N4O. The SMILES string of the molecule is Cc1ccc(C=O)c(-n2ccnn2)n1. The summed E-state index contributed by atoms with van der Waals surface area (Å²) in [6, 6.07) is 3.50. The van der Waals surface area contributed by atoms with E-state index in [9.17, 15) is 4.79 Å². The Labute approximate surface area is 80.4 Å². The summed E-state index contributed by atoms with van der Waals surface area (Å²) in [6.07, 6.45) is 3.94. The van der Waals surface area contributed by atoms with Crippen LogP contribution in [0.3, 0.4) is 0 Å². The number of pyridine rings is 1. The smallest absolute Gasteiger partial charge is 0.165 e. The summed E-state index contributed by atoms with van der Waals surface area (Å²) in [7, 11) is 0. The second-order valence-corrected chi connectivity index (χ2v) is 2.83. The maximum atomic E-state index is 10.7. The first-order valence-corrected chi connectivity index (χ1v) is 4.11. The maximum absolute atomic E-state index is 10.7. The van der Waals surface area contributed by atoms with E-state index in [4.69, 9.17) is 0 Å². The van der Waals surface area contributed by atoms with Crippen LogP contribution in [0.1, 0.15) is 16.1 Å². The van der Waals surface area contributed by atoms with Crippen molar-refractivity contribution in [2.45, 2.75) is 6.92 Å². The van der Waals surface area contributed by atoms with Gasteiger partial charge in [-0.3, -0.25) is 4.79 Å². The van der Waals surface area contributed by atoms with Crippen LogP contribution in [0, 0.1) is 6.92 Å². The normalized spacial score (nSPS) is 10.1. The van der Waals surface area contributed by atoms with Crippen LogP contribution in [0.5, 0.6) is 0 Å². The Morgan fingerprint density at radius 2 is 2.29 bits per heavy atom. The van der Waals surface area contributed by atoms with Gasteiger partial charge in [-0.1, -0.05) is 5.21 Å². The van der Waals surface area contributed by atoms with Crippen LogP contribution in [0.4, 0.5) is 0 Å². The van der Waals surface area contributed by atoms with Crippen molar-refractivity contribution in [2.24, 2.45) is 0 Å². The quantitative estimate of drug-likeness (QED) is 0.653. The predicted molar refractivity (Wildman–Crippen MR) is 49.3 cm³/mol. The Bertz CT molecular complexity index is 450. The molecule has 0 N–H and O–H groups in total. The maximum Gasteiger partial charge on any atom is 0.165 e. The molecule has 2 rings (SSSR count). The van der Waals surface area contributed by atoms with Crippen LogP contribution in [0.25, 0.3) is 5.82 Å². The second kappa shape index (κ2) is 3.37. The van der Waals surface area contributed by atoms with Crippen molar-refractivity contribution in [2.75, 3.05) is 0 Å². The first-order chi connectivity index (χ1) is 6.81. The lowest BCUT2D eigenvalue weighted by atomic mass is 10.2. The topological polar surface area (TPSA) is 60.7 Å². The van der Waals surface area contributed by atoms with Crippen LogP contribution in [-0.4, -0.2) is 26.3 Å². The number of aryl methyl sites for hydroxylation is 1. The van der Waals surface area contributed by atoms with E-state index in [0.29, 0.717) is 11.4 Å². The highest BCUT2D eigenvalue weighted by atomic mass is 16.1. The third kappa shape index (κ3) is 1.39. The molecule has 0 spiro atoms. The summed E-state index contributed by atoms with van der Waals surface area (Å²) >= 11 is 0. The van der Waals surface area contributed by atoms with E-state index in [1.54, 1.807) is 24.5 Å². The lowest BCUT2D eigenvalue weighted by Gasteiger charge is -2.03. The molecule has 0 saturated carbocycles. The zero-order valence-corrected chi connectivity index (χ0v) is 7.58. The molecule has 0 aliphatic carbocycles. The highest BCUT2D eigenvalue weighted by Crippen LogP contribution is 2.08. The van der Waals surface area contributed by atoms with Gasteiger partial charge in [0.15, 0.2) is 12.1 Å². The van der Waals surface area contributed by atoms with Gasteiger partial charge < -0.3 is 0 Å². The average molecular weight is 188 g/mol. The number of carbonyl (C=O) groups is 1. The summed E-state index contributed by atoms with van der Waals surface area (Å²) in [6.45, 7) is 1.86. The second-order valence-electron chi connectivity index (χ2n) is 2.83. The Hall–Kier alpha value is -2.04. The van der Waals surface area contributed by atoms with Crippen LogP contribution in [0.2, 0.25) is 0 Å². The number of nitrogens with zero attached hydrogens (tertiary/aromatic N) is 4. The number of rotatable bonds is 2. The van der Waals surface area contributed by atoms with Gasteiger partial charge in [-0.2, -0.15) is 0 Å². The number of aromatic nitrogens is 4. The number of hydrogen-bond acceptors (Lipinski definition) is 4. The van der Waals surface area contributed by atoms with Gasteiger partial charge in [0.2, 0.25) is 0 Å². The molecule has 0 saturated heterocycles. The van der Waals surface area contributed by atoms with Crippen molar-refractivity contribution in [1.29, 1.82) is 0 Å². The number of carbonyl (C=O) groups excluding carboxylic acids is 1. The van der Waals surface area contributed by atoms with Gasteiger partial charge in [0, 0.05) is 5.69 Å². The molecule has 0 radical (unpaired) electrons. The Morgan fingerprint density at radius 3 is 2.93 bits per heavy atom. The minimum Gasteiger partial charge on any atom is -0.298 e. The fourth-order valence-electron chi connectivity index (χ4n) is 1.15. The minimum atomic E-state index is 0.501. The summed E-state index contributed by atoms with van der Waals surface area (Å²) in [5.74, 6) is 0.512. The Balaban J connectivity index is 2.61. The van der Waals surface area contributed by atoms with Crippen molar-refractivity contribution in [3.05, 3.63) is 35.8 Å². The van der Waals surface area contributed by atoms with Crippen LogP contribution in [-0.2, 0) is 0 Å². The molecule has 0 aliphatic rings. The molecular weight excluding hydrogens is 180 g/mol. The van der Waals surface area contributed by atoms with E-state index in [0.717, 1.165) is 12.0 Å². The lowest BCUT2D eigenvalue weighted by molar-refractivity contribution is 0.112. The van der Waals surface area contributed by atoms with Gasteiger partial charge in [0.05, 0.1) is 18.0 Å². The molecule has 14 heavy (non-hydrogen) atoms. The number of hydrogen-bond donors (Lipinski definition) is 0. The third-order valence-corrected chi connectivity index (χ3v) is 1.81. The van der Waals surface area contributed by atoms with E-state index < -0.39 is 0 Å². The van der Waals surface area contributed by atoms with E-state index in [1.807, 2.05) is 6.92 Å². The highest BCUT2D eigenvalue weighted by Gasteiger charge is 2.05. The van der Waals surface area contributed by atoms with Gasteiger partial charge in [-0.25, -0.2) is 9.67 Å². The van der Waals surface area contributed by atoms with E-state index in [2.05, 4.69) is 15.3 Å². The fourth-order valence-corrected chi connectivity index (χ4v) is 1.15. The zero-order chi connectivity index (χ0) is 9.97. The molecule has 0 aliphatic heterocycles. The summed E-state index contributed by atoms with van der Waals surface area (Å²) in [5, 5.41) is 7.44. The Kier molecular flexibility index (Phi) is 2.06. The average Bonchev–Trinajstić information content (AvgIpc) is 2.70. The minimum absolute atomic E-state index is 0.501. The largest absolute Gasteiger partial charge is 0.298 e. The predicted octanol–water partition coefficient (Wildman–Crippen LogP) is 0.783. The molecule has 5 heteroatoms. The molecule has 0 fully saturated rings. The van der Waals surface area contributed by atoms with Gasteiger partial charge in [0.25, 0.3) is 0 Å². The molecule has 0 unspecified atom stereocenters. The van der Waals surface area contributed by atoms with E-state index in [1.165, 1.54) is 4.68 Å². The zero-order valence-electron chi connectivity index (χ0n) is 7.58. The molecule has 0 atom stereocenters. The van der Waals surface area contributed by atoms with Crippen molar-refractivity contribution >= 4 is 6.29 Å². The standard InChI is InChI=1S/C9H8N4O/c1-7-2-3-8(6-14)9(11-7)13-5-4-10-12-13/h2-6H,1H3. The van der Waals surface area contributed by atoms with Crippen LogP contribution in [0.15, 0.2) is 24.5 Å². The molecule has 5 nitrogen and oxygen atoms in total. The fraction of sp³-hybridized carbons (Fsp3) is 0.111. The number of aldehydes is 1. The monoisotopic (exact) mass is 188 g/mol.